The Morgan fingerprint density at radius 1 is 1.36 bits per heavy atom. The molecule has 1 fully saturated rings. The summed E-state index contributed by atoms with van der Waals surface area (Å²) in [5, 5.41) is 11.5. The van der Waals surface area contributed by atoms with Gasteiger partial charge in [-0.15, -0.1) is 0 Å². The van der Waals surface area contributed by atoms with Gasteiger partial charge < -0.3 is 14.9 Å². The first-order valence-corrected chi connectivity index (χ1v) is 7.49. The van der Waals surface area contributed by atoms with Gasteiger partial charge in [-0.3, -0.25) is 9.78 Å². The summed E-state index contributed by atoms with van der Waals surface area (Å²) >= 11 is 0. The lowest BCUT2D eigenvalue weighted by Gasteiger charge is -2.26. The van der Waals surface area contributed by atoms with Gasteiger partial charge in [0.05, 0.1) is 23.2 Å². The Labute approximate surface area is 130 Å². The summed E-state index contributed by atoms with van der Waals surface area (Å²) in [5.41, 5.74) is 0.502. The molecule has 1 aromatic heterocycles. The van der Waals surface area contributed by atoms with Crippen LogP contribution in [0.4, 0.5) is 0 Å². The molecule has 1 N–H and O–H groups in total. The predicted molar refractivity (Wildman–Crippen MR) is 85.8 cm³/mol. The fourth-order valence-corrected chi connectivity index (χ4v) is 3.19. The number of pyridine rings is 1. The van der Waals surface area contributed by atoms with Crippen LogP contribution in [0.2, 0.25) is 0 Å². The highest BCUT2D eigenvalue weighted by molar-refractivity contribution is 6.05. The van der Waals surface area contributed by atoms with Crippen LogP contribution in [0.1, 0.15) is 16.8 Å². The first kappa shape index (κ1) is 14.9. The number of likely N-dealkylation sites (tertiary alicyclic amines) is 1. The van der Waals surface area contributed by atoms with E-state index in [9.17, 15) is 9.90 Å². The standard InChI is InChI=1S/C17H21N3O2/c1-19(2)11-17(22)8-10-20(12-17)16(21)14-7-3-5-13-6-4-9-18-15(13)14/h3-7,9,22H,8,10-12H2,1-2H3/t17-/m0/s1. The van der Waals surface area contributed by atoms with Crippen LogP contribution in [0.25, 0.3) is 10.9 Å². The number of para-hydroxylation sites is 1. The summed E-state index contributed by atoms with van der Waals surface area (Å²) in [5.74, 6) is -0.0565. The van der Waals surface area contributed by atoms with E-state index in [4.69, 9.17) is 0 Å². The minimum Gasteiger partial charge on any atom is -0.387 e. The number of aromatic nitrogens is 1. The molecule has 2 aromatic rings. The number of rotatable bonds is 3. The SMILES string of the molecule is CN(C)C[C@@]1(O)CCN(C(=O)c2cccc3cccnc23)C1. The van der Waals surface area contributed by atoms with Crippen LogP contribution in [0.3, 0.4) is 0 Å². The lowest BCUT2D eigenvalue weighted by molar-refractivity contribution is 0.0236. The molecule has 1 saturated heterocycles. The van der Waals surface area contributed by atoms with E-state index in [1.807, 2.05) is 43.3 Å². The molecular weight excluding hydrogens is 278 g/mol. The lowest BCUT2D eigenvalue weighted by Crippen LogP contribution is -2.43. The van der Waals surface area contributed by atoms with E-state index >= 15 is 0 Å². The Hall–Kier alpha value is -1.98. The Morgan fingerprint density at radius 2 is 2.14 bits per heavy atom. The van der Waals surface area contributed by atoms with Crippen LogP contribution in [0.15, 0.2) is 36.5 Å². The second-order valence-electron chi connectivity index (χ2n) is 6.32. The summed E-state index contributed by atoms with van der Waals surface area (Å²) in [6.07, 6.45) is 2.31. The van der Waals surface area contributed by atoms with E-state index < -0.39 is 5.60 Å². The third kappa shape index (κ3) is 2.82. The second kappa shape index (κ2) is 5.66. The molecule has 116 valence electrons. The van der Waals surface area contributed by atoms with E-state index in [0.29, 0.717) is 31.6 Å². The number of amides is 1. The largest absolute Gasteiger partial charge is 0.387 e. The van der Waals surface area contributed by atoms with Crippen LogP contribution in [0, 0.1) is 0 Å². The molecule has 0 unspecified atom stereocenters. The van der Waals surface area contributed by atoms with E-state index in [-0.39, 0.29) is 5.91 Å². The highest BCUT2D eigenvalue weighted by Gasteiger charge is 2.39. The topological polar surface area (TPSA) is 56.7 Å². The van der Waals surface area contributed by atoms with Crippen molar-refractivity contribution in [3.63, 3.8) is 0 Å². The summed E-state index contributed by atoms with van der Waals surface area (Å²) in [6.45, 7) is 1.50. The third-order valence-electron chi connectivity index (χ3n) is 4.09. The fraction of sp³-hybridized carbons (Fsp3) is 0.412. The first-order valence-electron chi connectivity index (χ1n) is 7.49. The molecular formula is C17H21N3O2. The van der Waals surface area contributed by atoms with Gasteiger partial charge in [-0.05, 0) is 32.6 Å². The van der Waals surface area contributed by atoms with E-state index in [0.717, 1.165) is 10.9 Å². The van der Waals surface area contributed by atoms with Gasteiger partial charge in [-0.25, -0.2) is 0 Å². The number of aliphatic hydroxyl groups is 1. The molecule has 22 heavy (non-hydrogen) atoms. The smallest absolute Gasteiger partial charge is 0.256 e. The number of carbonyl (C=O) groups is 1. The zero-order valence-electron chi connectivity index (χ0n) is 13.0. The number of β-amino-alcohol motifs (C(OH)–C–C–N with tert-alkyl or cyclic N) is 1. The average molecular weight is 299 g/mol. The van der Waals surface area contributed by atoms with Crippen molar-refractivity contribution in [1.82, 2.24) is 14.8 Å². The average Bonchev–Trinajstić information content (AvgIpc) is 2.87. The number of carbonyl (C=O) groups excluding carboxylic acids is 1. The molecule has 5 heteroatoms. The van der Waals surface area contributed by atoms with Crippen molar-refractivity contribution in [1.29, 1.82) is 0 Å². The highest BCUT2D eigenvalue weighted by atomic mass is 16.3. The highest BCUT2D eigenvalue weighted by Crippen LogP contribution is 2.25. The maximum atomic E-state index is 12.8. The van der Waals surface area contributed by atoms with Crippen LogP contribution in [-0.2, 0) is 0 Å². The van der Waals surface area contributed by atoms with Crippen LogP contribution in [0.5, 0.6) is 0 Å². The van der Waals surface area contributed by atoms with Gasteiger partial charge in [0.2, 0.25) is 0 Å². The lowest BCUT2D eigenvalue weighted by atomic mass is 10.0. The van der Waals surface area contributed by atoms with Gasteiger partial charge in [0.15, 0.2) is 0 Å². The summed E-state index contributed by atoms with van der Waals surface area (Å²) in [6, 6.07) is 9.44. The quantitative estimate of drug-likeness (QED) is 0.930. The number of benzene rings is 1. The zero-order valence-corrected chi connectivity index (χ0v) is 13.0. The Kier molecular flexibility index (Phi) is 3.85. The minimum absolute atomic E-state index is 0.0565. The summed E-state index contributed by atoms with van der Waals surface area (Å²) in [7, 11) is 3.86. The fourth-order valence-electron chi connectivity index (χ4n) is 3.19. The summed E-state index contributed by atoms with van der Waals surface area (Å²) in [4.78, 5) is 20.8. The zero-order chi connectivity index (χ0) is 15.7. The van der Waals surface area contributed by atoms with E-state index in [1.54, 1.807) is 17.2 Å². The minimum atomic E-state index is -0.822. The number of fused-ring (bicyclic) bond motifs is 1. The number of hydrogen-bond donors (Lipinski definition) is 1. The van der Waals surface area contributed by atoms with Crippen LogP contribution >= 0.6 is 0 Å². The molecule has 0 spiro atoms. The van der Waals surface area contributed by atoms with Crippen molar-refractivity contribution in [2.45, 2.75) is 12.0 Å². The molecule has 0 bridgehead atoms. The number of likely N-dealkylation sites (N-methyl/N-ethyl adjacent to an activating group) is 1. The first-order chi connectivity index (χ1) is 10.5. The van der Waals surface area contributed by atoms with Gasteiger partial charge in [0.25, 0.3) is 5.91 Å². The maximum Gasteiger partial charge on any atom is 0.256 e. The normalized spacial score (nSPS) is 21.7. The molecule has 1 aromatic carbocycles. The van der Waals surface area contributed by atoms with E-state index in [1.165, 1.54) is 0 Å². The van der Waals surface area contributed by atoms with Gasteiger partial charge in [-0.2, -0.15) is 0 Å². The van der Waals surface area contributed by atoms with Crippen molar-refractivity contribution in [2.75, 3.05) is 33.7 Å². The van der Waals surface area contributed by atoms with Gasteiger partial charge in [0.1, 0.15) is 0 Å². The summed E-state index contributed by atoms with van der Waals surface area (Å²) < 4.78 is 0. The Morgan fingerprint density at radius 3 is 2.91 bits per heavy atom. The predicted octanol–water partition coefficient (Wildman–Crippen LogP) is 1.37. The molecule has 5 nitrogen and oxygen atoms in total. The Bertz CT molecular complexity index is 696. The molecule has 1 aliphatic heterocycles. The second-order valence-corrected chi connectivity index (χ2v) is 6.32. The van der Waals surface area contributed by atoms with Crippen LogP contribution < -0.4 is 0 Å². The molecule has 1 amide bonds. The molecule has 0 radical (unpaired) electrons. The van der Waals surface area contributed by atoms with Crippen molar-refractivity contribution < 1.29 is 9.90 Å². The van der Waals surface area contributed by atoms with Gasteiger partial charge in [0, 0.05) is 24.7 Å². The van der Waals surface area contributed by atoms with Crippen molar-refractivity contribution in [2.24, 2.45) is 0 Å². The molecule has 0 saturated carbocycles. The molecule has 3 rings (SSSR count). The Balaban J connectivity index is 1.85. The van der Waals surface area contributed by atoms with E-state index in [2.05, 4.69) is 4.98 Å². The van der Waals surface area contributed by atoms with Gasteiger partial charge >= 0.3 is 0 Å². The third-order valence-corrected chi connectivity index (χ3v) is 4.09. The number of hydrogen-bond acceptors (Lipinski definition) is 4. The molecule has 1 aliphatic rings. The van der Waals surface area contributed by atoms with Gasteiger partial charge in [-0.1, -0.05) is 18.2 Å². The van der Waals surface area contributed by atoms with Crippen LogP contribution in [-0.4, -0.2) is 65.1 Å². The number of nitrogens with zero attached hydrogens (tertiary/aromatic N) is 3. The molecule has 2 heterocycles. The molecule has 0 aliphatic carbocycles. The van der Waals surface area contributed by atoms with Crippen molar-refractivity contribution >= 4 is 16.8 Å². The molecule has 1 atom stereocenters. The van der Waals surface area contributed by atoms with Crippen molar-refractivity contribution in [3.05, 3.63) is 42.1 Å². The monoisotopic (exact) mass is 299 g/mol. The maximum absolute atomic E-state index is 12.8. The van der Waals surface area contributed by atoms with Crippen molar-refractivity contribution in [3.8, 4) is 0 Å².